The summed E-state index contributed by atoms with van der Waals surface area (Å²) in [6, 6.07) is 11.0. The molecule has 2 rings (SSSR count). The molecule has 3 nitrogen and oxygen atoms in total. The van der Waals surface area contributed by atoms with Crippen LogP contribution in [-0.4, -0.2) is 32.5 Å². The van der Waals surface area contributed by atoms with Crippen LogP contribution in [-0.2, 0) is 9.84 Å². The fourth-order valence-corrected chi connectivity index (χ4v) is 3.77. The van der Waals surface area contributed by atoms with Crippen LogP contribution in [0.5, 0.6) is 0 Å². The predicted molar refractivity (Wildman–Crippen MR) is 83.7 cm³/mol. The molecular formula is C16H25NO2S. The fraction of sp³-hybridized carbons (Fsp3) is 0.625. The summed E-state index contributed by atoms with van der Waals surface area (Å²) in [4.78, 5) is 0. The smallest absolute Gasteiger partial charge is 0.151 e. The highest BCUT2D eigenvalue weighted by molar-refractivity contribution is 7.91. The third kappa shape index (κ3) is 3.23. The molecule has 112 valence electrons. The molecular weight excluding hydrogens is 270 g/mol. The molecule has 0 radical (unpaired) electrons. The van der Waals surface area contributed by atoms with Gasteiger partial charge < -0.3 is 5.32 Å². The zero-order chi connectivity index (χ0) is 14.8. The Kier molecular flexibility index (Phi) is 4.55. The first-order valence-corrected chi connectivity index (χ1v) is 9.17. The molecule has 0 spiro atoms. The van der Waals surface area contributed by atoms with Crippen molar-refractivity contribution in [2.45, 2.75) is 39.2 Å². The molecule has 1 fully saturated rings. The molecule has 2 atom stereocenters. The molecule has 1 saturated carbocycles. The van der Waals surface area contributed by atoms with E-state index in [0.717, 1.165) is 6.42 Å². The van der Waals surface area contributed by atoms with Gasteiger partial charge in [-0.2, -0.15) is 0 Å². The van der Waals surface area contributed by atoms with E-state index < -0.39 is 9.84 Å². The van der Waals surface area contributed by atoms with Crippen LogP contribution in [0.4, 0.5) is 0 Å². The largest absolute Gasteiger partial charge is 0.312 e. The highest BCUT2D eigenvalue weighted by atomic mass is 32.2. The summed E-state index contributed by atoms with van der Waals surface area (Å²) in [5.74, 6) is 1.03. The maximum Gasteiger partial charge on any atom is 0.151 e. The first kappa shape index (κ1) is 15.5. The number of benzene rings is 1. The molecule has 1 aromatic rings. The molecule has 20 heavy (non-hydrogen) atoms. The summed E-state index contributed by atoms with van der Waals surface area (Å²) in [5, 5.41) is 3.42. The van der Waals surface area contributed by atoms with Gasteiger partial charge in [-0.05, 0) is 23.3 Å². The van der Waals surface area contributed by atoms with Crippen LogP contribution >= 0.6 is 0 Å². The Bertz CT molecular complexity index is 537. The number of nitrogens with one attached hydrogen (secondary N) is 1. The van der Waals surface area contributed by atoms with Gasteiger partial charge in [0.1, 0.15) is 0 Å². The Morgan fingerprint density at radius 3 is 2.45 bits per heavy atom. The Hall–Kier alpha value is -0.870. The first-order valence-electron chi connectivity index (χ1n) is 7.35. The van der Waals surface area contributed by atoms with Gasteiger partial charge in [-0.1, -0.05) is 51.1 Å². The zero-order valence-corrected chi connectivity index (χ0v) is 13.4. The summed E-state index contributed by atoms with van der Waals surface area (Å²) < 4.78 is 23.0. The number of rotatable bonds is 6. The van der Waals surface area contributed by atoms with Crippen molar-refractivity contribution in [2.75, 3.05) is 18.1 Å². The average Bonchev–Trinajstić information content (AvgIpc) is 2.43. The third-order valence-corrected chi connectivity index (χ3v) is 6.42. The van der Waals surface area contributed by atoms with Crippen molar-refractivity contribution in [3.05, 3.63) is 35.9 Å². The lowest BCUT2D eigenvalue weighted by Gasteiger charge is -2.53. The van der Waals surface area contributed by atoms with Crippen molar-refractivity contribution in [1.29, 1.82) is 0 Å². The van der Waals surface area contributed by atoms with Crippen molar-refractivity contribution in [1.82, 2.24) is 5.32 Å². The third-order valence-electron chi connectivity index (χ3n) is 4.71. The van der Waals surface area contributed by atoms with Gasteiger partial charge in [-0.3, -0.25) is 0 Å². The molecule has 0 amide bonds. The second-order valence-corrected chi connectivity index (χ2v) is 8.74. The van der Waals surface area contributed by atoms with Gasteiger partial charge in [0, 0.05) is 18.3 Å². The van der Waals surface area contributed by atoms with Crippen molar-refractivity contribution in [3.63, 3.8) is 0 Å². The van der Waals surface area contributed by atoms with Crippen molar-refractivity contribution in [2.24, 2.45) is 5.41 Å². The van der Waals surface area contributed by atoms with Crippen LogP contribution in [0.15, 0.2) is 30.3 Å². The highest BCUT2D eigenvalue weighted by Gasteiger charge is 2.48. The SMILES string of the molecule is CCS(=O)(=O)CCN[C@@H]1C[C@@H](c2ccccc2)C1(C)C. The fourth-order valence-electron chi connectivity index (χ4n) is 3.06. The number of sulfone groups is 1. The molecule has 1 aliphatic carbocycles. The van der Waals surface area contributed by atoms with Crippen LogP contribution in [0.1, 0.15) is 38.7 Å². The average molecular weight is 295 g/mol. The van der Waals surface area contributed by atoms with Crippen LogP contribution in [0.3, 0.4) is 0 Å². The van der Waals surface area contributed by atoms with Gasteiger partial charge in [-0.25, -0.2) is 8.42 Å². The van der Waals surface area contributed by atoms with E-state index in [1.165, 1.54) is 5.56 Å². The Morgan fingerprint density at radius 2 is 1.90 bits per heavy atom. The van der Waals surface area contributed by atoms with E-state index in [2.05, 4.69) is 43.4 Å². The van der Waals surface area contributed by atoms with Gasteiger partial charge in [0.25, 0.3) is 0 Å². The normalized spacial score (nSPS) is 25.1. The van der Waals surface area contributed by atoms with Crippen LogP contribution in [0.2, 0.25) is 0 Å². The standard InChI is InChI=1S/C16H25NO2S/c1-4-20(18,19)11-10-17-15-12-14(16(15,2)3)13-8-6-5-7-9-13/h5-9,14-15,17H,4,10-12H2,1-3H3/t14-,15+/m0/s1. The van der Waals surface area contributed by atoms with Gasteiger partial charge in [0.2, 0.25) is 0 Å². The predicted octanol–water partition coefficient (Wildman–Crippen LogP) is 2.59. The van der Waals surface area contributed by atoms with E-state index in [-0.39, 0.29) is 16.9 Å². The summed E-state index contributed by atoms with van der Waals surface area (Å²) in [7, 11) is -2.86. The Morgan fingerprint density at radius 1 is 1.25 bits per heavy atom. The van der Waals surface area contributed by atoms with Crippen LogP contribution in [0, 0.1) is 5.41 Å². The minimum absolute atomic E-state index is 0.178. The van der Waals surface area contributed by atoms with Gasteiger partial charge in [0.05, 0.1) is 5.75 Å². The summed E-state index contributed by atoms with van der Waals surface area (Å²) in [6.45, 7) is 6.79. The molecule has 0 unspecified atom stereocenters. The minimum Gasteiger partial charge on any atom is -0.312 e. The van der Waals surface area contributed by atoms with E-state index in [1.54, 1.807) is 6.92 Å². The second kappa shape index (κ2) is 5.86. The Labute approximate surface area is 122 Å². The van der Waals surface area contributed by atoms with E-state index in [1.807, 2.05) is 6.07 Å². The van der Waals surface area contributed by atoms with E-state index in [9.17, 15) is 8.42 Å². The van der Waals surface area contributed by atoms with E-state index >= 15 is 0 Å². The molecule has 0 aliphatic heterocycles. The topological polar surface area (TPSA) is 46.2 Å². The second-order valence-electron chi connectivity index (χ2n) is 6.26. The minimum atomic E-state index is -2.86. The summed E-state index contributed by atoms with van der Waals surface area (Å²) >= 11 is 0. The molecule has 0 bridgehead atoms. The number of hydrogen-bond donors (Lipinski definition) is 1. The molecule has 4 heteroatoms. The van der Waals surface area contributed by atoms with Crippen LogP contribution < -0.4 is 5.32 Å². The number of hydrogen-bond acceptors (Lipinski definition) is 3. The quantitative estimate of drug-likeness (QED) is 0.877. The molecule has 1 aliphatic rings. The van der Waals surface area contributed by atoms with E-state index in [4.69, 9.17) is 0 Å². The molecule has 0 heterocycles. The highest BCUT2D eigenvalue weighted by Crippen LogP contribution is 2.52. The lowest BCUT2D eigenvalue weighted by Crippen LogP contribution is -2.56. The van der Waals surface area contributed by atoms with Gasteiger partial charge in [-0.15, -0.1) is 0 Å². The monoisotopic (exact) mass is 295 g/mol. The Balaban J connectivity index is 1.89. The maximum absolute atomic E-state index is 11.5. The molecule has 1 aromatic carbocycles. The summed E-state index contributed by atoms with van der Waals surface area (Å²) in [6.07, 6.45) is 1.09. The molecule has 1 N–H and O–H groups in total. The van der Waals surface area contributed by atoms with Gasteiger partial charge in [0.15, 0.2) is 9.84 Å². The summed E-state index contributed by atoms with van der Waals surface area (Å²) in [5.41, 5.74) is 1.56. The van der Waals surface area contributed by atoms with Crippen molar-refractivity contribution >= 4 is 9.84 Å². The van der Waals surface area contributed by atoms with Crippen LogP contribution in [0.25, 0.3) is 0 Å². The lowest BCUT2D eigenvalue weighted by molar-refractivity contribution is 0.0708. The zero-order valence-electron chi connectivity index (χ0n) is 12.6. The first-order chi connectivity index (χ1) is 9.37. The molecule has 0 aromatic heterocycles. The molecule has 0 saturated heterocycles. The van der Waals surface area contributed by atoms with Crippen molar-refractivity contribution < 1.29 is 8.42 Å². The van der Waals surface area contributed by atoms with E-state index in [0.29, 0.717) is 18.5 Å². The van der Waals surface area contributed by atoms with Gasteiger partial charge >= 0.3 is 0 Å². The van der Waals surface area contributed by atoms with Crippen molar-refractivity contribution in [3.8, 4) is 0 Å². The lowest BCUT2D eigenvalue weighted by atomic mass is 9.56. The maximum atomic E-state index is 11.5.